The van der Waals surface area contributed by atoms with Crippen molar-refractivity contribution in [3.8, 4) is 11.4 Å². The molecule has 3 aromatic carbocycles. The Kier molecular flexibility index (Phi) is 5.88. The second kappa shape index (κ2) is 9.11. The van der Waals surface area contributed by atoms with Crippen LogP contribution >= 0.6 is 11.8 Å². The average molecular weight is 456 g/mol. The van der Waals surface area contributed by atoms with Crippen molar-refractivity contribution in [1.82, 2.24) is 20.2 Å². The predicted molar refractivity (Wildman–Crippen MR) is 131 cm³/mol. The van der Waals surface area contributed by atoms with Crippen LogP contribution in [-0.4, -0.2) is 26.0 Å². The number of hydrogen-bond acceptors (Lipinski definition) is 5. The van der Waals surface area contributed by atoms with E-state index >= 15 is 0 Å². The van der Waals surface area contributed by atoms with Crippen LogP contribution in [0, 0.1) is 13.8 Å². The molecule has 0 saturated heterocycles. The summed E-state index contributed by atoms with van der Waals surface area (Å²) in [5.41, 5.74) is 8.99. The van der Waals surface area contributed by atoms with Crippen LogP contribution in [0.25, 0.3) is 11.4 Å². The molecule has 0 saturated carbocycles. The van der Waals surface area contributed by atoms with Crippen LogP contribution in [0.4, 0.5) is 0 Å². The van der Waals surface area contributed by atoms with Crippen molar-refractivity contribution in [2.75, 3.05) is 5.43 Å². The first-order chi connectivity index (χ1) is 16.1. The standard InChI is InChI=1S/C26H25N5OS/c1-17-8-12-19(13-9-17)16-27-25(32)23-22(20-14-10-18(2)11-15-20)30-31-24(28-29-26(31)33-23)21-6-4-3-5-7-21/h3-15,22-23,30H,16H2,1-2H3,(H,27,32)/t22-,23+/m0/s1. The summed E-state index contributed by atoms with van der Waals surface area (Å²) >= 11 is 1.44. The summed E-state index contributed by atoms with van der Waals surface area (Å²) in [6.07, 6.45) is 0. The summed E-state index contributed by atoms with van der Waals surface area (Å²) in [5.74, 6) is 0.697. The number of aromatic nitrogens is 3. The summed E-state index contributed by atoms with van der Waals surface area (Å²) in [6, 6.07) is 26.2. The van der Waals surface area contributed by atoms with Gasteiger partial charge >= 0.3 is 0 Å². The van der Waals surface area contributed by atoms with Crippen molar-refractivity contribution < 1.29 is 4.79 Å². The van der Waals surface area contributed by atoms with Crippen LogP contribution in [0.1, 0.15) is 28.3 Å². The van der Waals surface area contributed by atoms with E-state index in [1.165, 1.54) is 22.9 Å². The van der Waals surface area contributed by atoms with Crippen molar-refractivity contribution in [1.29, 1.82) is 0 Å². The Bertz CT molecular complexity index is 1250. The number of nitrogens with one attached hydrogen (secondary N) is 2. The van der Waals surface area contributed by atoms with E-state index in [-0.39, 0.29) is 11.9 Å². The fourth-order valence-corrected chi connectivity index (χ4v) is 4.95. The van der Waals surface area contributed by atoms with E-state index in [2.05, 4.69) is 71.2 Å². The lowest BCUT2D eigenvalue weighted by Crippen LogP contribution is -2.43. The van der Waals surface area contributed by atoms with Gasteiger partial charge in [0.2, 0.25) is 11.1 Å². The Hall–Kier alpha value is -3.58. The first-order valence-electron chi connectivity index (χ1n) is 10.9. The van der Waals surface area contributed by atoms with Gasteiger partial charge in [0.05, 0.1) is 6.04 Å². The van der Waals surface area contributed by atoms with Crippen molar-refractivity contribution in [3.05, 3.63) is 101 Å². The molecule has 0 aliphatic carbocycles. The van der Waals surface area contributed by atoms with Crippen LogP contribution in [0.3, 0.4) is 0 Å². The van der Waals surface area contributed by atoms with Gasteiger partial charge in [-0.1, -0.05) is 102 Å². The summed E-state index contributed by atoms with van der Waals surface area (Å²) in [5, 5.41) is 12.2. The number of carbonyl (C=O) groups excluding carboxylic acids is 1. The van der Waals surface area contributed by atoms with Gasteiger partial charge in [0.1, 0.15) is 5.25 Å². The normalized spacial score (nSPS) is 17.2. The molecule has 2 N–H and O–H groups in total. The topological polar surface area (TPSA) is 71.8 Å². The molecule has 0 radical (unpaired) electrons. The average Bonchev–Trinajstić information content (AvgIpc) is 3.27. The molecule has 2 heterocycles. The number of benzene rings is 3. The van der Waals surface area contributed by atoms with E-state index in [0.717, 1.165) is 22.5 Å². The van der Waals surface area contributed by atoms with Crippen LogP contribution < -0.4 is 10.7 Å². The number of amides is 1. The number of carbonyl (C=O) groups is 1. The maximum absolute atomic E-state index is 13.3. The summed E-state index contributed by atoms with van der Waals surface area (Å²) in [4.78, 5) is 13.3. The van der Waals surface area contributed by atoms with Gasteiger partial charge in [0.25, 0.3) is 0 Å². The van der Waals surface area contributed by atoms with Gasteiger partial charge in [0, 0.05) is 12.1 Å². The molecule has 166 valence electrons. The Morgan fingerprint density at radius 3 is 2.30 bits per heavy atom. The Morgan fingerprint density at radius 1 is 0.939 bits per heavy atom. The van der Waals surface area contributed by atoms with Gasteiger partial charge in [-0.05, 0) is 25.0 Å². The fraction of sp³-hybridized carbons (Fsp3) is 0.192. The monoisotopic (exact) mass is 455 g/mol. The summed E-state index contributed by atoms with van der Waals surface area (Å²) in [7, 11) is 0. The molecular weight excluding hydrogens is 430 g/mol. The molecule has 1 aliphatic rings. The fourth-order valence-electron chi connectivity index (χ4n) is 3.85. The second-order valence-corrected chi connectivity index (χ2v) is 9.38. The maximum Gasteiger partial charge on any atom is 0.236 e. The number of fused-ring (bicyclic) bond motifs is 1. The minimum atomic E-state index is -0.390. The third-order valence-corrected chi connectivity index (χ3v) is 6.97. The van der Waals surface area contributed by atoms with Crippen molar-refractivity contribution in [3.63, 3.8) is 0 Å². The van der Waals surface area contributed by atoms with Crippen LogP contribution in [0.5, 0.6) is 0 Å². The molecule has 0 unspecified atom stereocenters. The molecule has 1 aromatic heterocycles. The number of hydrogen-bond donors (Lipinski definition) is 2. The molecule has 2 atom stereocenters. The largest absolute Gasteiger partial charge is 0.351 e. The zero-order valence-corrected chi connectivity index (χ0v) is 19.3. The number of rotatable bonds is 5. The van der Waals surface area contributed by atoms with Gasteiger partial charge < -0.3 is 10.7 Å². The molecule has 0 spiro atoms. The molecule has 33 heavy (non-hydrogen) atoms. The van der Waals surface area contributed by atoms with E-state index in [1.807, 2.05) is 47.1 Å². The third-order valence-electron chi connectivity index (χ3n) is 5.75. The van der Waals surface area contributed by atoms with E-state index in [0.29, 0.717) is 11.7 Å². The smallest absolute Gasteiger partial charge is 0.236 e. The van der Waals surface area contributed by atoms with Crippen molar-refractivity contribution in [2.45, 2.75) is 36.8 Å². The van der Waals surface area contributed by atoms with Gasteiger partial charge in [-0.25, -0.2) is 4.68 Å². The SMILES string of the molecule is Cc1ccc(CNC(=O)[C@@H]2Sc3nnc(-c4ccccc4)n3N[C@H]2c2ccc(C)cc2)cc1. The van der Waals surface area contributed by atoms with Crippen LogP contribution in [0.2, 0.25) is 0 Å². The van der Waals surface area contributed by atoms with E-state index in [4.69, 9.17) is 0 Å². The number of thioether (sulfide) groups is 1. The number of aryl methyl sites for hydroxylation is 2. The molecule has 0 bridgehead atoms. The zero-order chi connectivity index (χ0) is 22.8. The van der Waals surface area contributed by atoms with Gasteiger partial charge in [-0.2, -0.15) is 0 Å². The highest BCUT2D eigenvalue weighted by Crippen LogP contribution is 2.38. The van der Waals surface area contributed by atoms with Crippen LogP contribution in [0.15, 0.2) is 84.0 Å². The maximum atomic E-state index is 13.3. The summed E-state index contributed by atoms with van der Waals surface area (Å²) < 4.78 is 1.90. The van der Waals surface area contributed by atoms with Gasteiger partial charge in [0.15, 0.2) is 5.82 Å². The lowest BCUT2D eigenvalue weighted by atomic mass is 10.0. The molecule has 1 aliphatic heterocycles. The lowest BCUT2D eigenvalue weighted by Gasteiger charge is -2.33. The molecule has 0 fully saturated rings. The molecule has 4 aromatic rings. The quantitative estimate of drug-likeness (QED) is 0.459. The minimum absolute atomic E-state index is 0.0332. The number of nitrogens with zero attached hydrogens (tertiary/aromatic N) is 3. The molecule has 1 amide bonds. The molecule has 7 heteroatoms. The molecule has 5 rings (SSSR count). The molecule has 6 nitrogen and oxygen atoms in total. The highest BCUT2D eigenvalue weighted by Gasteiger charge is 2.37. The van der Waals surface area contributed by atoms with Gasteiger partial charge in [-0.15, -0.1) is 10.2 Å². The predicted octanol–water partition coefficient (Wildman–Crippen LogP) is 4.64. The Labute approximate surface area is 197 Å². The minimum Gasteiger partial charge on any atom is -0.351 e. The highest BCUT2D eigenvalue weighted by atomic mass is 32.2. The van der Waals surface area contributed by atoms with Crippen molar-refractivity contribution >= 4 is 17.7 Å². The first-order valence-corrected chi connectivity index (χ1v) is 11.8. The molecular formula is C26H25N5OS. The third kappa shape index (κ3) is 4.50. The van der Waals surface area contributed by atoms with E-state index < -0.39 is 5.25 Å². The van der Waals surface area contributed by atoms with E-state index in [1.54, 1.807) is 0 Å². The van der Waals surface area contributed by atoms with E-state index in [9.17, 15) is 4.79 Å². The second-order valence-electron chi connectivity index (χ2n) is 8.27. The Balaban J connectivity index is 1.44. The highest BCUT2D eigenvalue weighted by molar-refractivity contribution is 8.00. The Morgan fingerprint density at radius 2 is 1.61 bits per heavy atom. The van der Waals surface area contributed by atoms with Crippen molar-refractivity contribution in [2.24, 2.45) is 0 Å². The summed E-state index contributed by atoms with van der Waals surface area (Å²) in [6.45, 7) is 4.60. The lowest BCUT2D eigenvalue weighted by molar-refractivity contribution is -0.121. The van der Waals surface area contributed by atoms with Gasteiger partial charge in [-0.3, -0.25) is 4.79 Å². The van der Waals surface area contributed by atoms with Crippen LogP contribution in [-0.2, 0) is 11.3 Å². The zero-order valence-electron chi connectivity index (χ0n) is 18.5. The first kappa shape index (κ1) is 21.3.